The maximum atomic E-state index is 13.4. The lowest BCUT2D eigenvalue weighted by atomic mass is 9.82. The minimum Gasteiger partial charge on any atom is -0.480 e. The summed E-state index contributed by atoms with van der Waals surface area (Å²) in [6.07, 6.45) is -14.0. The van der Waals surface area contributed by atoms with Gasteiger partial charge >= 0.3 is 42.2 Å². The van der Waals surface area contributed by atoms with Gasteiger partial charge in [0, 0.05) is 34.5 Å². The lowest BCUT2D eigenvalue weighted by molar-refractivity contribution is -0.148. The van der Waals surface area contributed by atoms with Gasteiger partial charge in [0.1, 0.15) is 37.7 Å². The van der Waals surface area contributed by atoms with E-state index in [-0.39, 0.29) is 63.1 Å². The minimum atomic E-state index is -2.70. The number of hydrogen-bond donors (Lipinski definition) is 6. The third kappa shape index (κ3) is 36.3. The summed E-state index contributed by atoms with van der Waals surface area (Å²) in [6.45, 7) is 17.9. The zero-order valence-corrected chi connectivity index (χ0v) is 57.1. The maximum absolute atomic E-state index is 13.4. The van der Waals surface area contributed by atoms with Gasteiger partial charge in [-0.3, -0.25) is 19.2 Å². The lowest BCUT2D eigenvalue weighted by Crippen LogP contribution is -2.46. The molecular formula is C68H98F8N4O16. The number of halogens is 8. The second kappa shape index (κ2) is 43.3. The third-order valence-corrected chi connectivity index (χ3v) is 14.7. The molecule has 96 heavy (non-hydrogen) atoms. The van der Waals surface area contributed by atoms with Crippen LogP contribution in [0, 0.1) is 45.3 Å². The molecule has 0 fully saturated rings. The van der Waals surface area contributed by atoms with E-state index in [1.807, 2.05) is 33.8 Å². The van der Waals surface area contributed by atoms with Crippen molar-refractivity contribution in [3.63, 3.8) is 0 Å². The van der Waals surface area contributed by atoms with Crippen LogP contribution in [0.3, 0.4) is 0 Å². The molecule has 20 nitrogen and oxygen atoms in total. The van der Waals surface area contributed by atoms with Crippen LogP contribution in [0.15, 0.2) is 91.0 Å². The number of ketones is 2. The Balaban J connectivity index is 0.00000127. The maximum Gasteiger partial charge on any atom is 0.408 e. The highest BCUT2D eigenvalue weighted by Crippen LogP contribution is 2.34. The van der Waals surface area contributed by atoms with Crippen molar-refractivity contribution in [2.24, 2.45) is 51.1 Å². The van der Waals surface area contributed by atoms with E-state index in [1.165, 1.54) is 69.6 Å². The van der Waals surface area contributed by atoms with Gasteiger partial charge in [-0.1, -0.05) is 174 Å². The van der Waals surface area contributed by atoms with Crippen molar-refractivity contribution in [2.75, 3.05) is 14.2 Å². The van der Waals surface area contributed by atoms with Crippen molar-refractivity contribution in [2.45, 2.75) is 204 Å². The number of rotatable bonds is 35. The van der Waals surface area contributed by atoms with Gasteiger partial charge in [-0.15, -0.1) is 0 Å². The van der Waals surface area contributed by atoms with Crippen LogP contribution in [-0.4, -0.2) is 128 Å². The Kier molecular flexibility index (Phi) is 39.7. The fourth-order valence-electron chi connectivity index (χ4n) is 8.76. The van der Waals surface area contributed by atoms with Crippen LogP contribution in [-0.2, 0) is 72.3 Å². The van der Waals surface area contributed by atoms with Crippen molar-refractivity contribution in [1.82, 2.24) is 16.0 Å². The number of amides is 3. The monoisotopic (exact) mass is 1380 g/mol. The number of carboxylic acid groups (broad SMARTS) is 2. The highest BCUT2D eigenvalue weighted by Gasteiger charge is 2.40. The van der Waals surface area contributed by atoms with Crippen molar-refractivity contribution in [3.8, 4) is 0 Å². The number of carbonyl (C=O) groups excluding carboxylic acids is 7. The average molecular weight is 1380 g/mol. The molecule has 0 aliphatic carbocycles. The summed E-state index contributed by atoms with van der Waals surface area (Å²) in [6, 6.07) is 21.5. The minimum absolute atomic E-state index is 0.0239. The molecule has 0 heterocycles. The molecule has 0 aliphatic heterocycles. The molecule has 0 aromatic heterocycles. The Bertz CT molecular complexity index is 2740. The number of nitrogens with one attached hydrogen (secondary N) is 3. The molecule has 6 atom stereocenters. The third-order valence-electron chi connectivity index (χ3n) is 14.7. The SMILES string of the molecule is CC(C)(C[C@@H](NC(=O)OCc1ccccc1)C(=O)O)C(F)F.CC(C)(C[C@H](NC(=O)OCc1ccccc1)C(=O)O)C(F)F.COC(=O)[C@@H](CC(=O)[C@@H](N)CC(C)(C)C(F)F)CC(C)C.COC(=O)[C@@H](CC(=O)[C@H](CC(C)(C)C(F)F)NC(=O)OCc1ccccc1)CC(C)C. The Morgan fingerprint density at radius 2 is 0.667 bits per heavy atom. The smallest absolute Gasteiger partial charge is 0.408 e. The number of carbonyl (C=O) groups is 9. The van der Waals surface area contributed by atoms with Crippen LogP contribution in [0.1, 0.15) is 151 Å². The van der Waals surface area contributed by atoms with Gasteiger partial charge in [0.2, 0.25) is 25.7 Å². The molecule has 0 unspecified atom stereocenters. The van der Waals surface area contributed by atoms with Crippen molar-refractivity contribution in [1.29, 1.82) is 0 Å². The van der Waals surface area contributed by atoms with E-state index in [4.69, 9.17) is 34.9 Å². The molecule has 7 N–H and O–H groups in total. The molecule has 542 valence electrons. The molecule has 0 saturated heterocycles. The topological polar surface area (TPSA) is 302 Å². The first-order valence-corrected chi connectivity index (χ1v) is 30.9. The number of benzene rings is 3. The summed E-state index contributed by atoms with van der Waals surface area (Å²) in [5, 5.41) is 24.7. The molecule has 0 radical (unpaired) electrons. The predicted molar refractivity (Wildman–Crippen MR) is 341 cm³/mol. The summed E-state index contributed by atoms with van der Waals surface area (Å²) in [7, 11) is 2.50. The second-order valence-corrected chi connectivity index (χ2v) is 26.6. The first kappa shape index (κ1) is 88.1. The van der Waals surface area contributed by atoms with Gasteiger partial charge in [0.15, 0.2) is 5.78 Å². The van der Waals surface area contributed by atoms with E-state index >= 15 is 0 Å². The fourth-order valence-corrected chi connectivity index (χ4v) is 8.76. The normalized spacial score (nSPS) is 13.6. The van der Waals surface area contributed by atoms with E-state index < -0.39 is 144 Å². The summed E-state index contributed by atoms with van der Waals surface area (Å²) in [5.41, 5.74) is 2.03. The Morgan fingerprint density at radius 3 is 0.917 bits per heavy atom. The number of aliphatic carboxylic acids is 2. The molecule has 0 aliphatic rings. The molecule has 3 aromatic carbocycles. The number of ether oxygens (including phenoxy) is 5. The Hall–Kier alpha value is -7.91. The molecule has 0 bridgehead atoms. The number of hydrogen-bond acceptors (Lipinski definition) is 15. The highest BCUT2D eigenvalue weighted by atomic mass is 19.3. The van der Waals surface area contributed by atoms with Gasteiger partial charge in [-0.2, -0.15) is 0 Å². The molecule has 0 spiro atoms. The van der Waals surface area contributed by atoms with Crippen LogP contribution in [0.25, 0.3) is 0 Å². The standard InChI is InChI=1S/C23H33F2NO5.2C15H19F2NO4.C15H27F2NO3/c1-15(2)11-17(20(28)30-5)12-19(27)18(13-23(3,4)21(24)25)26-22(29)31-14-16-9-7-6-8-10-16;2*1-15(2,13(16)17)8-11(12(19)20)18-14(21)22-9-10-6-4-3-5-7-10;1-9(2)6-10(13(20)21-5)7-12(19)11(18)8-15(3,4)14(16)17/h6-10,15,17-18,21H,11-14H2,1-5H3,(H,26,29);2*3-7,11,13H,8-9H2,1-2H3,(H,18,21)(H,19,20);9-11,14H,6-8,18H2,1-5H3/t17-,18+;2*11-;10-,11+/m1101/s1. The number of alkyl halides is 8. The molecular weight excluding hydrogens is 1280 g/mol. The number of methoxy groups -OCH3 is 2. The number of alkyl carbamates (subject to hydrolysis) is 3. The van der Waals surface area contributed by atoms with Crippen LogP contribution in [0.5, 0.6) is 0 Å². The van der Waals surface area contributed by atoms with Crippen molar-refractivity contribution in [3.05, 3.63) is 108 Å². The number of carboxylic acids is 2. The predicted octanol–water partition coefficient (Wildman–Crippen LogP) is 13.6. The largest absolute Gasteiger partial charge is 0.480 e. The Labute approximate surface area is 557 Å². The quantitative estimate of drug-likeness (QED) is 0.0181. The second-order valence-electron chi connectivity index (χ2n) is 26.6. The van der Waals surface area contributed by atoms with Crippen LogP contribution < -0.4 is 21.7 Å². The molecule has 3 amide bonds. The van der Waals surface area contributed by atoms with Crippen molar-refractivity contribution < 1.29 is 112 Å². The first-order valence-electron chi connectivity index (χ1n) is 30.9. The van der Waals surface area contributed by atoms with Gasteiger partial charge < -0.3 is 55.6 Å². The zero-order valence-electron chi connectivity index (χ0n) is 57.1. The summed E-state index contributed by atoms with van der Waals surface area (Å²) in [4.78, 5) is 106. The highest BCUT2D eigenvalue weighted by molar-refractivity contribution is 5.91. The van der Waals surface area contributed by atoms with E-state index in [2.05, 4.69) is 20.7 Å². The average Bonchev–Trinajstić information content (AvgIpc) is 0.892. The molecule has 0 saturated carbocycles. The number of esters is 2. The molecule has 28 heteroatoms. The summed E-state index contributed by atoms with van der Waals surface area (Å²) in [5.74, 6) is -5.60. The van der Waals surface area contributed by atoms with Crippen LogP contribution in [0.2, 0.25) is 0 Å². The van der Waals surface area contributed by atoms with E-state index in [0.29, 0.717) is 12.8 Å². The van der Waals surface area contributed by atoms with E-state index in [0.717, 1.165) is 16.7 Å². The van der Waals surface area contributed by atoms with Crippen LogP contribution in [0.4, 0.5) is 49.5 Å². The van der Waals surface area contributed by atoms with E-state index in [1.54, 1.807) is 84.9 Å². The van der Waals surface area contributed by atoms with Gasteiger partial charge in [-0.25, -0.2) is 59.1 Å². The van der Waals surface area contributed by atoms with Gasteiger partial charge in [0.05, 0.1) is 38.1 Å². The van der Waals surface area contributed by atoms with Gasteiger partial charge in [-0.05, 0) is 67.1 Å². The number of Topliss-reactive ketones (excluding diaryl/α,β-unsaturated/α-hetero) is 2. The lowest BCUT2D eigenvalue weighted by Gasteiger charge is -2.29. The Morgan fingerprint density at radius 1 is 0.417 bits per heavy atom. The zero-order chi connectivity index (χ0) is 73.9. The van der Waals surface area contributed by atoms with E-state index in [9.17, 15) is 78.3 Å². The molecule has 3 rings (SSSR count). The van der Waals surface area contributed by atoms with Crippen LogP contribution >= 0.6 is 0 Å². The summed E-state index contributed by atoms with van der Waals surface area (Å²) >= 11 is 0. The fraction of sp³-hybridized carbons (Fsp3) is 0.603. The first-order chi connectivity index (χ1) is 44.4. The summed E-state index contributed by atoms with van der Waals surface area (Å²) < 4.78 is 128. The molecule has 3 aromatic rings. The van der Waals surface area contributed by atoms with Crippen molar-refractivity contribution >= 4 is 53.7 Å². The van der Waals surface area contributed by atoms with Gasteiger partial charge in [0.25, 0.3) is 0 Å². The number of nitrogens with two attached hydrogens (primary N) is 1.